The Bertz CT molecular complexity index is 886. The first-order chi connectivity index (χ1) is 12.3. The third-order valence-electron chi connectivity index (χ3n) is 4.59. The predicted octanol–water partition coefficient (Wildman–Crippen LogP) is 3.14. The Morgan fingerprint density at radius 2 is 2.12 bits per heavy atom. The number of aromatic amines is 1. The first kappa shape index (κ1) is 15.5. The monoisotopic (exact) mass is 332 g/mol. The molecule has 126 valence electrons. The van der Waals surface area contributed by atoms with Crippen molar-refractivity contribution in [2.24, 2.45) is 0 Å². The number of aryl methyl sites for hydroxylation is 2. The van der Waals surface area contributed by atoms with E-state index in [1.165, 1.54) is 16.9 Å². The molecule has 4 rings (SSSR count). The minimum atomic E-state index is 0.463. The molecule has 0 bridgehead atoms. The Balaban J connectivity index is 1.67. The maximum atomic E-state index is 8.86. The van der Waals surface area contributed by atoms with Crippen molar-refractivity contribution >= 4 is 5.69 Å². The fourth-order valence-corrected chi connectivity index (χ4v) is 3.40. The van der Waals surface area contributed by atoms with E-state index >= 15 is 0 Å². The van der Waals surface area contributed by atoms with Gasteiger partial charge >= 0.3 is 0 Å². The Labute approximate surface area is 146 Å². The fraction of sp³-hybridized carbons (Fsp3) is 0.316. The number of nitrogens with zero attached hydrogens (tertiary/aromatic N) is 5. The van der Waals surface area contributed by atoms with Gasteiger partial charge < -0.3 is 4.90 Å². The van der Waals surface area contributed by atoms with Crippen molar-refractivity contribution in [1.82, 2.24) is 20.0 Å². The number of rotatable bonds is 5. The molecule has 1 aromatic carbocycles. The van der Waals surface area contributed by atoms with Crippen molar-refractivity contribution in [2.45, 2.75) is 32.4 Å². The zero-order valence-electron chi connectivity index (χ0n) is 14.0. The van der Waals surface area contributed by atoms with Gasteiger partial charge in [0, 0.05) is 30.4 Å². The van der Waals surface area contributed by atoms with E-state index < -0.39 is 0 Å². The molecule has 0 fully saturated rings. The molecule has 1 aliphatic rings. The van der Waals surface area contributed by atoms with Crippen molar-refractivity contribution in [3.05, 3.63) is 54.0 Å². The van der Waals surface area contributed by atoms with E-state index in [1.54, 1.807) is 0 Å². The van der Waals surface area contributed by atoms with E-state index in [4.69, 9.17) is 10.4 Å². The Hall–Kier alpha value is -3.07. The Morgan fingerprint density at radius 1 is 1.24 bits per heavy atom. The second-order valence-electron chi connectivity index (χ2n) is 6.30. The summed E-state index contributed by atoms with van der Waals surface area (Å²) in [6.45, 7) is 2.43. The zero-order chi connectivity index (χ0) is 17.1. The summed E-state index contributed by atoms with van der Waals surface area (Å²) in [5, 5.41) is 20.9. The van der Waals surface area contributed by atoms with Gasteiger partial charge in [-0.1, -0.05) is 30.3 Å². The second-order valence-corrected chi connectivity index (χ2v) is 6.30. The predicted molar refractivity (Wildman–Crippen MR) is 95.9 cm³/mol. The smallest absolute Gasteiger partial charge is 0.0973 e. The molecule has 0 aliphatic carbocycles. The molecule has 25 heavy (non-hydrogen) atoms. The highest BCUT2D eigenvalue weighted by molar-refractivity contribution is 5.64. The van der Waals surface area contributed by atoms with Crippen molar-refractivity contribution in [1.29, 1.82) is 5.26 Å². The van der Waals surface area contributed by atoms with Crippen LogP contribution in [0.4, 0.5) is 5.69 Å². The number of fused-ring (bicyclic) bond motifs is 1. The summed E-state index contributed by atoms with van der Waals surface area (Å²) < 4.78 is 1.89. The SMILES string of the molecule is N#CCCn1cc(CN2CCCc3[nH]ncc32)c(-c2ccccc2)n1. The van der Waals surface area contributed by atoms with Crippen LogP contribution in [-0.2, 0) is 19.5 Å². The first-order valence-electron chi connectivity index (χ1n) is 8.61. The van der Waals surface area contributed by atoms with E-state index in [-0.39, 0.29) is 0 Å². The molecule has 3 heterocycles. The van der Waals surface area contributed by atoms with Crippen LogP contribution >= 0.6 is 0 Å². The Morgan fingerprint density at radius 3 is 2.96 bits per heavy atom. The third kappa shape index (κ3) is 3.13. The van der Waals surface area contributed by atoms with Crippen LogP contribution < -0.4 is 4.90 Å². The van der Waals surface area contributed by atoms with Gasteiger partial charge in [-0.2, -0.15) is 15.5 Å². The lowest BCUT2D eigenvalue weighted by molar-refractivity contribution is 0.627. The number of benzene rings is 1. The summed E-state index contributed by atoms with van der Waals surface area (Å²) in [6.07, 6.45) is 6.63. The molecule has 0 radical (unpaired) electrons. The maximum Gasteiger partial charge on any atom is 0.0973 e. The summed E-state index contributed by atoms with van der Waals surface area (Å²) >= 11 is 0. The van der Waals surface area contributed by atoms with Crippen LogP contribution in [0.1, 0.15) is 24.1 Å². The maximum absolute atomic E-state index is 8.86. The Kier molecular flexibility index (Phi) is 4.21. The van der Waals surface area contributed by atoms with Gasteiger partial charge in [-0.25, -0.2) is 0 Å². The summed E-state index contributed by atoms with van der Waals surface area (Å²) in [7, 11) is 0. The minimum Gasteiger partial charge on any atom is -0.364 e. The lowest BCUT2D eigenvalue weighted by Gasteiger charge is -2.28. The van der Waals surface area contributed by atoms with Crippen LogP contribution in [0.15, 0.2) is 42.7 Å². The highest BCUT2D eigenvalue weighted by Gasteiger charge is 2.21. The molecule has 2 aromatic heterocycles. The van der Waals surface area contributed by atoms with Crippen molar-refractivity contribution < 1.29 is 0 Å². The number of aromatic nitrogens is 4. The first-order valence-corrected chi connectivity index (χ1v) is 8.61. The topological polar surface area (TPSA) is 73.5 Å². The highest BCUT2D eigenvalue weighted by atomic mass is 15.3. The van der Waals surface area contributed by atoms with E-state index in [2.05, 4.69) is 39.5 Å². The molecular formula is C19H20N6. The van der Waals surface area contributed by atoms with E-state index in [1.807, 2.05) is 29.1 Å². The number of nitrogens with one attached hydrogen (secondary N) is 1. The van der Waals surface area contributed by atoms with Crippen LogP contribution in [0.3, 0.4) is 0 Å². The number of H-pyrrole nitrogens is 1. The highest BCUT2D eigenvalue weighted by Crippen LogP contribution is 2.29. The molecule has 1 N–H and O–H groups in total. The molecule has 6 heteroatoms. The average molecular weight is 332 g/mol. The zero-order valence-corrected chi connectivity index (χ0v) is 14.0. The molecule has 0 saturated heterocycles. The summed E-state index contributed by atoms with van der Waals surface area (Å²) in [6, 6.07) is 12.4. The average Bonchev–Trinajstić information content (AvgIpc) is 3.28. The van der Waals surface area contributed by atoms with Crippen molar-refractivity contribution in [3.63, 3.8) is 0 Å². The van der Waals surface area contributed by atoms with Gasteiger partial charge in [0.15, 0.2) is 0 Å². The van der Waals surface area contributed by atoms with E-state index in [0.29, 0.717) is 13.0 Å². The fourth-order valence-electron chi connectivity index (χ4n) is 3.40. The molecule has 0 unspecified atom stereocenters. The van der Waals surface area contributed by atoms with E-state index in [0.717, 1.165) is 37.2 Å². The van der Waals surface area contributed by atoms with Crippen LogP contribution in [-0.4, -0.2) is 26.5 Å². The van der Waals surface area contributed by atoms with Crippen LogP contribution in [0, 0.1) is 11.3 Å². The lowest BCUT2D eigenvalue weighted by Crippen LogP contribution is -2.28. The van der Waals surface area contributed by atoms with Gasteiger partial charge in [-0.3, -0.25) is 9.78 Å². The molecule has 6 nitrogen and oxygen atoms in total. The molecule has 1 aliphatic heterocycles. The molecule has 3 aromatic rings. The minimum absolute atomic E-state index is 0.463. The normalized spacial score (nSPS) is 13.5. The van der Waals surface area contributed by atoms with Crippen LogP contribution in [0.2, 0.25) is 0 Å². The number of hydrogen-bond donors (Lipinski definition) is 1. The van der Waals surface area contributed by atoms with Gasteiger partial charge in [0.1, 0.15) is 0 Å². The van der Waals surface area contributed by atoms with Gasteiger partial charge in [0.05, 0.1) is 42.3 Å². The summed E-state index contributed by atoms with van der Waals surface area (Å²) in [4.78, 5) is 2.36. The number of anilines is 1. The van der Waals surface area contributed by atoms with E-state index in [9.17, 15) is 0 Å². The second kappa shape index (κ2) is 6.81. The molecular weight excluding hydrogens is 312 g/mol. The standard InChI is InChI=1S/C19H20N6/c20-9-5-11-25-14-16(19(23-25)15-6-2-1-3-7-15)13-24-10-4-8-17-18(24)12-21-22-17/h1-3,6-7,12,14H,4-5,8,10-11,13H2,(H,21,22). The molecule has 0 spiro atoms. The van der Waals surface area contributed by atoms with Crippen molar-refractivity contribution in [3.8, 4) is 17.3 Å². The quantitative estimate of drug-likeness (QED) is 0.779. The van der Waals surface area contributed by atoms with Crippen LogP contribution in [0.5, 0.6) is 0 Å². The number of hydrogen-bond acceptors (Lipinski definition) is 4. The van der Waals surface area contributed by atoms with Gasteiger partial charge in [-0.05, 0) is 12.8 Å². The third-order valence-corrected chi connectivity index (χ3v) is 4.59. The molecule has 0 amide bonds. The largest absolute Gasteiger partial charge is 0.364 e. The van der Waals surface area contributed by atoms with Gasteiger partial charge in [0.2, 0.25) is 0 Å². The van der Waals surface area contributed by atoms with Gasteiger partial charge in [-0.15, -0.1) is 0 Å². The van der Waals surface area contributed by atoms with Gasteiger partial charge in [0.25, 0.3) is 0 Å². The molecule has 0 atom stereocenters. The summed E-state index contributed by atoms with van der Waals surface area (Å²) in [5.74, 6) is 0. The van der Waals surface area contributed by atoms with Crippen molar-refractivity contribution in [2.75, 3.05) is 11.4 Å². The lowest BCUT2D eigenvalue weighted by atomic mass is 10.1. The van der Waals surface area contributed by atoms with Crippen LogP contribution in [0.25, 0.3) is 11.3 Å². The number of nitriles is 1. The summed E-state index contributed by atoms with van der Waals surface area (Å²) in [5.41, 5.74) is 5.68. The molecule has 0 saturated carbocycles.